The molecule has 0 radical (unpaired) electrons. The minimum Gasteiger partial charge on any atom is -0.387 e. The smallest absolute Gasteiger partial charge is 0.0909 e. The van der Waals surface area contributed by atoms with E-state index in [9.17, 15) is 5.11 Å². The Balaban J connectivity index is 2.07. The SMILES string of the molecule is CCCOCC1(O)CC(N)C1. The van der Waals surface area contributed by atoms with Gasteiger partial charge in [0.2, 0.25) is 0 Å². The Hall–Kier alpha value is -0.120. The average Bonchev–Trinajstić information content (AvgIpc) is 1.85. The van der Waals surface area contributed by atoms with Gasteiger partial charge in [0.25, 0.3) is 0 Å². The van der Waals surface area contributed by atoms with Gasteiger partial charge in [-0.15, -0.1) is 0 Å². The highest BCUT2D eigenvalue weighted by Gasteiger charge is 2.40. The molecule has 1 aliphatic carbocycles. The van der Waals surface area contributed by atoms with Gasteiger partial charge in [-0.3, -0.25) is 0 Å². The number of rotatable bonds is 4. The van der Waals surface area contributed by atoms with Gasteiger partial charge in [-0.25, -0.2) is 0 Å². The lowest BCUT2D eigenvalue weighted by molar-refractivity contribution is -0.104. The fourth-order valence-electron chi connectivity index (χ4n) is 1.44. The molecule has 1 fully saturated rings. The van der Waals surface area contributed by atoms with Crippen LogP contribution in [0.25, 0.3) is 0 Å². The van der Waals surface area contributed by atoms with Gasteiger partial charge < -0.3 is 15.6 Å². The van der Waals surface area contributed by atoms with Crippen LogP contribution in [-0.2, 0) is 4.74 Å². The second kappa shape index (κ2) is 3.52. The van der Waals surface area contributed by atoms with Crippen molar-refractivity contribution in [2.45, 2.75) is 37.8 Å². The van der Waals surface area contributed by atoms with Crippen molar-refractivity contribution in [2.75, 3.05) is 13.2 Å². The van der Waals surface area contributed by atoms with E-state index in [4.69, 9.17) is 10.5 Å². The van der Waals surface area contributed by atoms with Gasteiger partial charge in [0.1, 0.15) is 0 Å². The summed E-state index contributed by atoms with van der Waals surface area (Å²) in [5.41, 5.74) is 4.94. The van der Waals surface area contributed by atoms with E-state index in [0.717, 1.165) is 13.0 Å². The monoisotopic (exact) mass is 159 g/mol. The lowest BCUT2D eigenvalue weighted by Gasteiger charge is -2.41. The number of ether oxygens (including phenoxy) is 1. The fourth-order valence-corrected chi connectivity index (χ4v) is 1.44. The molecular formula is C8H17NO2. The van der Waals surface area contributed by atoms with Crippen molar-refractivity contribution in [3.63, 3.8) is 0 Å². The highest BCUT2D eigenvalue weighted by molar-refractivity contribution is 4.96. The molecule has 0 aromatic heterocycles. The zero-order valence-corrected chi connectivity index (χ0v) is 7.05. The van der Waals surface area contributed by atoms with E-state index < -0.39 is 5.60 Å². The second-order valence-corrected chi connectivity index (χ2v) is 3.45. The Kier molecular flexibility index (Phi) is 2.87. The van der Waals surface area contributed by atoms with Crippen LogP contribution in [0.4, 0.5) is 0 Å². The Bertz CT molecular complexity index is 121. The third-order valence-corrected chi connectivity index (χ3v) is 2.00. The van der Waals surface area contributed by atoms with Crippen molar-refractivity contribution in [1.82, 2.24) is 0 Å². The summed E-state index contributed by atoms with van der Waals surface area (Å²) in [4.78, 5) is 0. The number of hydrogen-bond acceptors (Lipinski definition) is 3. The number of hydrogen-bond donors (Lipinski definition) is 2. The van der Waals surface area contributed by atoms with Crippen LogP contribution in [0.5, 0.6) is 0 Å². The molecular weight excluding hydrogens is 142 g/mol. The van der Waals surface area contributed by atoms with Crippen molar-refractivity contribution in [2.24, 2.45) is 5.73 Å². The highest BCUT2D eigenvalue weighted by Crippen LogP contribution is 2.30. The first-order chi connectivity index (χ1) is 5.16. The van der Waals surface area contributed by atoms with Gasteiger partial charge >= 0.3 is 0 Å². The van der Waals surface area contributed by atoms with E-state index in [1.807, 2.05) is 0 Å². The Morgan fingerprint density at radius 2 is 2.27 bits per heavy atom. The van der Waals surface area contributed by atoms with E-state index in [-0.39, 0.29) is 6.04 Å². The van der Waals surface area contributed by atoms with Gasteiger partial charge in [0.05, 0.1) is 12.2 Å². The predicted octanol–water partition coefficient (Wildman–Crippen LogP) is 0.265. The van der Waals surface area contributed by atoms with Gasteiger partial charge in [-0.05, 0) is 19.3 Å². The molecule has 66 valence electrons. The molecule has 3 heteroatoms. The van der Waals surface area contributed by atoms with E-state index in [1.165, 1.54) is 0 Å². The van der Waals surface area contributed by atoms with Crippen molar-refractivity contribution in [3.05, 3.63) is 0 Å². The first-order valence-electron chi connectivity index (χ1n) is 4.22. The Morgan fingerprint density at radius 3 is 2.73 bits per heavy atom. The van der Waals surface area contributed by atoms with Crippen molar-refractivity contribution < 1.29 is 9.84 Å². The molecule has 3 nitrogen and oxygen atoms in total. The highest BCUT2D eigenvalue weighted by atomic mass is 16.5. The minimum atomic E-state index is -0.603. The zero-order chi connectivity index (χ0) is 8.32. The molecule has 1 saturated carbocycles. The summed E-state index contributed by atoms with van der Waals surface area (Å²) in [6, 6.07) is 0.185. The summed E-state index contributed by atoms with van der Waals surface area (Å²) in [5.74, 6) is 0. The average molecular weight is 159 g/mol. The molecule has 1 rings (SSSR count). The molecule has 0 bridgehead atoms. The Morgan fingerprint density at radius 1 is 1.64 bits per heavy atom. The van der Waals surface area contributed by atoms with Crippen LogP contribution in [0.1, 0.15) is 26.2 Å². The molecule has 0 unspecified atom stereocenters. The topological polar surface area (TPSA) is 55.5 Å². The van der Waals surface area contributed by atoms with E-state index in [1.54, 1.807) is 0 Å². The number of nitrogens with two attached hydrogens (primary N) is 1. The first kappa shape index (κ1) is 8.97. The maximum atomic E-state index is 9.60. The molecule has 0 spiro atoms. The minimum absolute atomic E-state index is 0.185. The molecule has 11 heavy (non-hydrogen) atoms. The lowest BCUT2D eigenvalue weighted by Crippen LogP contribution is -2.54. The first-order valence-corrected chi connectivity index (χ1v) is 4.22. The summed E-state index contributed by atoms with van der Waals surface area (Å²) in [6.45, 7) is 3.24. The summed E-state index contributed by atoms with van der Waals surface area (Å²) >= 11 is 0. The van der Waals surface area contributed by atoms with Crippen LogP contribution in [0.15, 0.2) is 0 Å². The van der Waals surface area contributed by atoms with Crippen LogP contribution in [-0.4, -0.2) is 30.0 Å². The Labute approximate surface area is 67.5 Å². The third kappa shape index (κ3) is 2.43. The standard InChI is InChI=1S/C8H17NO2/c1-2-3-11-6-8(10)4-7(9)5-8/h7,10H,2-6,9H2,1H3. The largest absolute Gasteiger partial charge is 0.387 e. The van der Waals surface area contributed by atoms with Crippen LogP contribution < -0.4 is 5.73 Å². The van der Waals surface area contributed by atoms with E-state index in [0.29, 0.717) is 19.4 Å². The molecule has 0 aliphatic heterocycles. The van der Waals surface area contributed by atoms with Gasteiger partial charge in [-0.1, -0.05) is 6.92 Å². The molecule has 0 aromatic rings. The van der Waals surface area contributed by atoms with E-state index in [2.05, 4.69) is 6.92 Å². The summed E-state index contributed by atoms with van der Waals surface area (Å²) in [6.07, 6.45) is 2.38. The fraction of sp³-hybridized carbons (Fsp3) is 1.00. The molecule has 1 aliphatic rings. The van der Waals surface area contributed by atoms with Gasteiger partial charge in [0.15, 0.2) is 0 Å². The van der Waals surface area contributed by atoms with Gasteiger partial charge in [-0.2, -0.15) is 0 Å². The summed E-state index contributed by atoms with van der Waals surface area (Å²) in [7, 11) is 0. The zero-order valence-electron chi connectivity index (χ0n) is 7.05. The molecule has 0 atom stereocenters. The quantitative estimate of drug-likeness (QED) is 0.579. The normalized spacial score (nSPS) is 36.8. The third-order valence-electron chi connectivity index (χ3n) is 2.00. The van der Waals surface area contributed by atoms with Crippen LogP contribution in [0.2, 0.25) is 0 Å². The van der Waals surface area contributed by atoms with Gasteiger partial charge in [0, 0.05) is 12.6 Å². The summed E-state index contributed by atoms with van der Waals surface area (Å²) in [5, 5.41) is 9.60. The van der Waals surface area contributed by atoms with Crippen LogP contribution in [0.3, 0.4) is 0 Å². The maximum Gasteiger partial charge on any atom is 0.0909 e. The van der Waals surface area contributed by atoms with Crippen LogP contribution >= 0.6 is 0 Å². The maximum absolute atomic E-state index is 9.60. The van der Waals surface area contributed by atoms with Crippen molar-refractivity contribution in [1.29, 1.82) is 0 Å². The van der Waals surface area contributed by atoms with E-state index >= 15 is 0 Å². The molecule has 3 N–H and O–H groups in total. The number of aliphatic hydroxyl groups is 1. The molecule has 0 heterocycles. The predicted molar refractivity (Wildman–Crippen MR) is 43.3 cm³/mol. The molecule has 0 amide bonds. The second-order valence-electron chi connectivity index (χ2n) is 3.45. The van der Waals surface area contributed by atoms with Crippen molar-refractivity contribution >= 4 is 0 Å². The van der Waals surface area contributed by atoms with Crippen LogP contribution in [0, 0.1) is 0 Å². The molecule has 0 aromatic carbocycles. The molecule has 0 saturated heterocycles. The lowest BCUT2D eigenvalue weighted by atomic mass is 9.77. The van der Waals surface area contributed by atoms with Crippen molar-refractivity contribution in [3.8, 4) is 0 Å². The summed E-state index contributed by atoms with van der Waals surface area (Å²) < 4.78 is 5.23.